The molecule has 6 nitrogen and oxygen atoms in total. The monoisotopic (exact) mass is 356 g/mol. The summed E-state index contributed by atoms with van der Waals surface area (Å²) in [4.78, 5) is 11.8. The second-order valence-electron chi connectivity index (χ2n) is 5.42. The number of nitrogens with zero attached hydrogens (tertiary/aromatic N) is 1. The number of hydrazone groups is 1. The lowest BCUT2D eigenvalue weighted by molar-refractivity contribution is -0.123. The predicted molar refractivity (Wildman–Crippen MR) is 101 cm³/mol. The highest BCUT2D eigenvalue weighted by Gasteiger charge is 2.05. The molecule has 0 aliphatic heterocycles. The van der Waals surface area contributed by atoms with Gasteiger partial charge in [-0.05, 0) is 54.8 Å². The second-order valence-corrected chi connectivity index (χ2v) is 5.42. The lowest BCUT2D eigenvalue weighted by Gasteiger charge is -2.09. The SMILES string of the molecule is CCOc1cc(/C=N\NC(=O)COc2ccc(CC)cc2)ccc1OC. The van der Waals surface area contributed by atoms with Gasteiger partial charge >= 0.3 is 0 Å². The average molecular weight is 356 g/mol. The summed E-state index contributed by atoms with van der Waals surface area (Å²) in [6.45, 7) is 4.41. The fourth-order valence-electron chi connectivity index (χ4n) is 2.22. The number of hydrogen-bond acceptors (Lipinski definition) is 5. The van der Waals surface area contributed by atoms with Crippen LogP contribution in [0.3, 0.4) is 0 Å². The number of rotatable bonds is 9. The van der Waals surface area contributed by atoms with Gasteiger partial charge in [0.15, 0.2) is 18.1 Å². The maximum atomic E-state index is 11.8. The van der Waals surface area contributed by atoms with Crippen molar-refractivity contribution < 1.29 is 19.0 Å². The highest BCUT2D eigenvalue weighted by atomic mass is 16.5. The maximum Gasteiger partial charge on any atom is 0.277 e. The Morgan fingerprint density at radius 3 is 2.50 bits per heavy atom. The van der Waals surface area contributed by atoms with E-state index in [9.17, 15) is 4.79 Å². The molecule has 6 heteroatoms. The molecule has 0 bridgehead atoms. The summed E-state index contributed by atoms with van der Waals surface area (Å²) in [5.41, 5.74) is 4.44. The van der Waals surface area contributed by atoms with E-state index in [1.54, 1.807) is 19.2 Å². The number of hydrogen-bond donors (Lipinski definition) is 1. The molecule has 2 rings (SSSR count). The highest BCUT2D eigenvalue weighted by Crippen LogP contribution is 2.27. The Labute approximate surface area is 153 Å². The Hall–Kier alpha value is -3.02. The van der Waals surface area contributed by atoms with Gasteiger partial charge in [0.25, 0.3) is 5.91 Å². The summed E-state index contributed by atoms with van der Waals surface area (Å²) in [5.74, 6) is 1.59. The summed E-state index contributed by atoms with van der Waals surface area (Å²) < 4.78 is 16.2. The first-order chi connectivity index (χ1) is 12.7. The van der Waals surface area contributed by atoms with Gasteiger partial charge in [0.2, 0.25) is 0 Å². The quantitative estimate of drug-likeness (QED) is 0.553. The van der Waals surface area contributed by atoms with Crippen LogP contribution in [0.25, 0.3) is 0 Å². The first-order valence-electron chi connectivity index (χ1n) is 8.50. The summed E-state index contributed by atoms with van der Waals surface area (Å²) in [5, 5.41) is 3.94. The Morgan fingerprint density at radius 2 is 1.85 bits per heavy atom. The summed E-state index contributed by atoms with van der Waals surface area (Å²) in [7, 11) is 1.58. The Morgan fingerprint density at radius 1 is 1.08 bits per heavy atom. The Bertz CT molecular complexity index is 742. The number of methoxy groups -OCH3 is 1. The van der Waals surface area contributed by atoms with Crippen molar-refractivity contribution in [2.75, 3.05) is 20.3 Å². The molecule has 0 spiro atoms. The molecule has 26 heavy (non-hydrogen) atoms. The van der Waals surface area contributed by atoms with Crippen molar-refractivity contribution in [2.24, 2.45) is 5.10 Å². The molecule has 138 valence electrons. The van der Waals surface area contributed by atoms with Crippen molar-refractivity contribution in [3.05, 3.63) is 53.6 Å². The van der Waals surface area contributed by atoms with Gasteiger partial charge in [0, 0.05) is 0 Å². The number of amides is 1. The third-order valence-electron chi connectivity index (χ3n) is 3.59. The predicted octanol–water partition coefficient (Wildman–Crippen LogP) is 3.19. The van der Waals surface area contributed by atoms with Crippen LogP contribution in [0.4, 0.5) is 0 Å². The molecule has 0 atom stereocenters. The van der Waals surface area contributed by atoms with Crippen molar-refractivity contribution in [1.82, 2.24) is 5.43 Å². The van der Waals surface area contributed by atoms with Crippen molar-refractivity contribution >= 4 is 12.1 Å². The van der Waals surface area contributed by atoms with Gasteiger partial charge in [-0.15, -0.1) is 0 Å². The first-order valence-corrected chi connectivity index (χ1v) is 8.50. The molecule has 1 amide bonds. The van der Waals surface area contributed by atoms with E-state index in [0.29, 0.717) is 23.9 Å². The Balaban J connectivity index is 1.85. The third-order valence-corrected chi connectivity index (χ3v) is 3.59. The van der Waals surface area contributed by atoms with Crippen molar-refractivity contribution in [3.8, 4) is 17.2 Å². The van der Waals surface area contributed by atoms with Crippen LogP contribution in [0.5, 0.6) is 17.2 Å². The van der Waals surface area contributed by atoms with Crippen LogP contribution in [-0.4, -0.2) is 32.4 Å². The molecule has 0 unspecified atom stereocenters. The van der Waals surface area contributed by atoms with Crippen molar-refractivity contribution in [3.63, 3.8) is 0 Å². The van der Waals surface area contributed by atoms with E-state index in [1.165, 1.54) is 11.8 Å². The van der Waals surface area contributed by atoms with E-state index >= 15 is 0 Å². The van der Waals surface area contributed by atoms with E-state index < -0.39 is 0 Å². The first kappa shape index (κ1) is 19.3. The van der Waals surface area contributed by atoms with Crippen molar-refractivity contribution in [2.45, 2.75) is 20.3 Å². The van der Waals surface area contributed by atoms with Gasteiger partial charge in [-0.2, -0.15) is 5.10 Å². The van der Waals surface area contributed by atoms with Crippen LogP contribution in [0.2, 0.25) is 0 Å². The minimum atomic E-state index is -0.334. The average Bonchev–Trinajstić information content (AvgIpc) is 2.67. The number of benzene rings is 2. The zero-order valence-electron chi connectivity index (χ0n) is 15.3. The molecule has 0 aromatic heterocycles. The minimum absolute atomic E-state index is 0.102. The number of carbonyl (C=O) groups excluding carboxylic acids is 1. The van der Waals surface area contributed by atoms with Gasteiger partial charge in [-0.25, -0.2) is 5.43 Å². The molecular weight excluding hydrogens is 332 g/mol. The van der Waals surface area contributed by atoms with Crippen LogP contribution in [0, 0.1) is 0 Å². The fraction of sp³-hybridized carbons (Fsp3) is 0.300. The van der Waals surface area contributed by atoms with Crippen LogP contribution in [-0.2, 0) is 11.2 Å². The third kappa shape index (κ3) is 5.81. The molecular formula is C20H24N2O4. The lowest BCUT2D eigenvalue weighted by Crippen LogP contribution is -2.24. The zero-order valence-corrected chi connectivity index (χ0v) is 15.3. The van der Waals surface area contributed by atoms with Crippen LogP contribution < -0.4 is 19.6 Å². The van der Waals surface area contributed by atoms with Crippen LogP contribution >= 0.6 is 0 Å². The van der Waals surface area contributed by atoms with Gasteiger partial charge in [0.1, 0.15) is 5.75 Å². The van der Waals surface area contributed by atoms with E-state index in [2.05, 4.69) is 17.5 Å². The van der Waals surface area contributed by atoms with E-state index in [1.807, 2.05) is 37.3 Å². The molecule has 0 aliphatic carbocycles. The topological polar surface area (TPSA) is 69.2 Å². The van der Waals surface area contributed by atoms with Crippen LogP contribution in [0.1, 0.15) is 25.0 Å². The summed E-state index contributed by atoms with van der Waals surface area (Å²) >= 11 is 0. The number of nitrogens with one attached hydrogen (secondary N) is 1. The number of aryl methyl sites for hydroxylation is 1. The van der Waals surface area contributed by atoms with Gasteiger partial charge in [-0.3, -0.25) is 4.79 Å². The minimum Gasteiger partial charge on any atom is -0.493 e. The molecule has 0 radical (unpaired) electrons. The molecule has 2 aromatic carbocycles. The standard InChI is InChI=1S/C20H24N2O4/c1-4-15-6-9-17(10-7-15)26-14-20(23)22-21-13-16-8-11-18(24-3)19(12-16)25-5-2/h6-13H,4-5,14H2,1-3H3,(H,22,23)/b21-13-. The number of carbonyl (C=O) groups is 1. The largest absolute Gasteiger partial charge is 0.493 e. The lowest BCUT2D eigenvalue weighted by atomic mass is 10.2. The zero-order chi connectivity index (χ0) is 18.8. The highest BCUT2D eigenvalue weighted by molar-refractivity contribution is 5.83. The molecule has 0 saturated heterocycles. The van der Waals surface area contributed by atoms with E-state index in [4.69, 9.17) is 14.2 Å². The molecule has 2 aromatic rings. The summed E-state index contributed by atoms with van der Waals surface area (Å²) in [6, 6.07) is 13.1. The molecule has 0 fully saturated rings. The fourth-order valence-corrected chi connectivity index (χ4v) is 2.22. The van der Waals surface area contributed by atoms with E-state index in [0.717, 1.165) is 12.0 Å². The molecule has 0 heterocycles. The Kier molecular flexibility index (Phi) is 7.49. The molecule has 0 saturated carbocycles. The maximum absolute atomic E-state index is 11.8. The second kappa shape index (κ2) is 10.1. The molecule has 0 aliphatic rings. The van der Waals surface area contributed by atoms with E-state index in [-0.39, 0.29) is 12.5 Å². The van der Waals surface area contributed by atoms with Crippen LogP contribution in [0.15, 0.2) is 47.6 Å². The van der Waals surface area contributed by atoms with Gasteiger partial charge in [0.05, 0.1) is 19.9 Å². The smallest absolute Gasteiger partial charge is 0.277 e. The number of ether oxygens (including phenoxy) is 3. The summed E-state index contributed by atoms with van der Waals surface area (Å²) in [6.07, 6.45) is 2.50. The van der Waals surface area contributed by atoms with Crippen molar-refractivity contribution in [1.29, 1.82) is 0 Å². The molecule has 1 N–H and O–H groups in total. The van der Waals surface area contributed by atoms with Gasteiger partial charge < -0.3 is 14.2 Å². The normalized spacial score (nSPS) is 10.6. The van der Waals surface area contributed by atoms with Gasteiger partial charge in [-0.1, -0.05) is 19.1 Å².